The van der Waals surface area contributed by atoms with Crippen molar-refractivity contribution < 1.29 is 0 Å². The Morgan fingerprint density at radius 3 is 2.64 bits per heavy atom. The first-order valence-electron chi connectivity index (χ1n) is 4.95. The molecule has 0 saturated carbocycles. The minimum absolute atomic E-state index is 0.0482. The van der Waals surface area contributed by atoms with Crippen molar-refractivity contribution >= 4 is 6.08 Å². The van der Waals surface area contributed by atoms with Crippen LogP contribution in [0.25, 0.3) is 6.08 Å². The second-order valence-corrected chi connectivity index (χ2v) is 3.46. The highest BCUT2D eigenvalue weighted by atomic mass is 14.6. The van der Waals surface area contributed by atoms with E-state index < -0.39 is 0 Å². The van der Waals surface area contributed by atoms with Crippen LogP contribution in [0.2, 0.25) is 0 Å². The number of benzene rings is 1. The van der Waals surface area contributed by atoms with Gasteiger partial charge in [0.1, 0.15) is 0 Å². The molecule has 0 aliphatic carbocycles. The smallest absolute Gasteiger partial charge is 0.0272 e. The van der Waals surface area contributed by atoms with Gasteiger partial charge in [-0.2, -0.15) is 0 Å². The summed E-state index contributed by atoms with van der Waals surface area (Å²) in [5, 5.41) is 0. The molecule has 1 rings (SSSR count). The molecule has 2 nitrogen and oxygen atoms in total. The first kappa shape index (κ1) is 10.8. The van der Waals surface area contributed by atoms with Crippen LogP contribution >= 0.6 is 0 Å². The molecule has 14 heavy (non-hydrogen) atoms. The van der Waals surface area contributed by atoms with E-state index in [4.69, 9.17) is 11.5 Å². The van der Waals surface area contributed by atoms with Gasteiger partial charge in [0.05, 0.1) is 0 Å². The lowest BCUT2D eigenvalue weighted by Gasteiger charge is -2.11. The summed E-state index contributed by atoms with van der Waals surface area (Å²) < 4.78 is 0. The molecule has 0 aliphatic rings. The summed E-state index contributed by atoms with van der Waals surface area (Å²) in [5.41, 5.74) is 14.8. The van der Waals surface area contributed by atoms with E-state index in [2.05, 4.69) is 25.1 Å². The minimum atomic E-state index is 0.0482. The Morgan fingerprint density at radius 1 is 1.43 bits per heavy atom. The Labute approximate surface area is 85.6 Å². The van der Waals surface area contributed by atoms with Crippen molar-refractivity contribution in [2.75, 3.05) is 0 Å². The fraction of sp³-hybridized carbons (Fsp3) is 0.333. The third-order valence-electron chi connectivity index (χ3n) is 2.33. The Bertz CT molecular complexity index is 327. The minimum Gasteiger partial charge on any atom is -0.405 e. The summed E-state index contributed by atoms with van der Waals surface area (Å²) in [4.78, 5) is 0. The van der Waals surface area contributed by atoms with Gasteiger partial charge in [0.25, 0.3) is 0 Å². The molecule has 1 unspecified atom stereocenters. The molecule has 76 valence electrons. The van der Waals surface area contributed by atoms with Gasteiger partial charge < -0.3 is 11.5 Å². The van der Waals surface area contributed by atoms with Gasteiger partial charge in [0.15, 0.2) is 0 Å². The Balaban J connectivity index is 3.16. The van der Waals surface area contributed by atoms with Gasteiger partial charge in [0.2, 0.25) is 0 Å². The second kappa shape index (κ2) is 4.82. The highest BCUT2D eigenvalue weighted by Crippen LogP contribution is 2.19. The molecule has 0 heterocycles. The quantitative estimate of drug-likeness (QED) is 0.767. The number of nitrogens with two attached hydrogens (primary N) is 2. The molecule has 1 atom stereocenters. The number of hydrogen-bond donors (Lipinski definition) is 2. The molecule has 1 aromatic carbocycles. The number of aryl methyl sites for hydroxylation is 1. The fourth-order valence-electron chi connectivity index (χ4n) is 1.51. The van der Waals surface area contributed by atoms with Gasteiger partial charge in [-0.25, -0.2) is 0 Å². The third-order valence-corrected chi connectivity index (χ3v) is 2.33. The monoisotopic (exact) mass is 190 g/mol. The van der Waals surface area contributed by atoms with Crippen molar-refractivity contribution in [1.82, 2.24) is 0 Å². The number of hydrogen-bond acceptors (Lipinski definition) is 2. The molecular formula is C12H18N2. The van der Waals surface area contributed by atoms with Crippen molar-refractivity contribution in [3.05, 3.63) is 41.1 Å². The molecular weight excluding hydrogens is 172 g/mol. The third kappa shape index (κ3) is 2.36. The molecule has 2 heteroatoms. The highest BCUT2D eigenvalue weighted by Gasteiger charge is 2.04. The lowest BCUT2D eigenvalue weighted by Crippen LogP contribution is -2.07. The topological polar surface area (TPSA) is 52.0 Å². The van der Waals surface area contributed by atoms with Crippen molar-refractivity contribution in [3.8, 4) is 0 Å². The normalized spacial score (nSPS) is 13.4. The van der Waals surface area contributed by atoms with Gasteiger partial charge in [-0.15, -0.1) is 0 Å². The number of rotatable bonds is 3. The first-order valence-corrected chi connectivity index (χ1v) is 4.95. The van der Waals surface area contributed by atoms with Gasteiger partial charge in [0, 0.05) is 6.04 Å². The predicted octanol–water partition coefficient (Wildman–Crippen LogP) is 2.20. The van der Waals surface area contributed by atoms with Crippen LogP contribution in [0.5, 0.6) is 0 Å². The van der Waals surface area contributed by atoms with Crippen LogP contribution in [0.3, 0.4) is 0 Å². The SMILES string of the molecule is CCc1ccc(C(C)N)c(/C=C\N)c1. The van der Waals surface area contributed by atoms with Crippen LogP contribution in [0.15, 0.2) is 24.4 Å². The fourth-order valence-corrected chi connectivity index (χ4v) is 1.51. The first-order chi connectivity index (χ1) is 6.69. The predicted molar refractivity (Wildman–Crippen MR) is 61.6 cm³/mol. The van der Waals surface area contributed by atoms with E-state index in [1.165, 1.54) is 5.56 Å². The van der Waals surface area contributed by atoms with Crippen LogP contribution in [0.4, 0.5) is 0 Å². The van der Waals surface area contributed by atoms with E-state index in [-0.39, 0.29) is 6.04 Å². The summed E-state index contributed by atoms with van der Waals surface area (Å²) in [6, 6.07) is 6.39. The van der Waals surface area contributed by atoms with E-state index in [0.717, 1.165) is 17.5 Å². The van der Waals surface area contributed by atoms with Crippen LogP contribution in [0, 0.1) is 0 Å². The van der Waals surface area contributed by atoms with Crippen LogP contribution in [-0.4, -0.2) is 0 Å². The summed E-state index contributed by atoms with van der Waals surface area (Å²) in [5.74, 6) is 0. The van der Waals surface area contributed by atoms with E-state index in [1.54, 1.807) is 6.20 Å². The average Bonchev–Trinajstić information content (AvgIpc) is 2.17. The lowest BCUT2D eigenvalue weighted by atomic mass is 9.98. The van der Waals surface area contributed by atoms with Gasteiger partial charge >= 0.3 is 0 Å². The second-order valence-electron chi connectivity index (χ2n) is 3.46. The molecule has 0 spiro atoms. The van der Waals surface area contributed by atoms with Crippen LogP contribution in [-0.2, 0) is 6.42 Å². The summed E-state index contributed by atoms with van der Waals surface area (Å²) in [7, 11) is 0. The highest BCUT2D eigenvalue weighted by molar-refractivity contribution is 5.55. The molecule has 1 aromatic rings. The Morgan fingerprint density at radius 2 is 2.14 bits per heavy atom. The standard InChI is InChI=1S/C12H18N2/c1-3-10-4-5-12(9(2)14)11(8-10)6-7-13/h4-9H,3,13-14H2,1-2H3/b7-6-. The molecule has 0 bridgehead atoms. The summed E-state index contributed by atoms with van der Waals surface area (Å²) >= 11 is 0. The maximum Gasteiger partial charge on any atom is 0.0272 e. The zero-order valence-electron chi connectivity index (χ0n) is 8.83. The van der Waals surface area contributed by atoms with Crippen molar-refractivity contribution in [1.29, 1.82) is 0 Å². The van der Waals surface area contributed by atoms with Crippen molar-refractivity contribution in [2.45, 2.75) is 26.3 Å². The molecule has 0 aliphatic heterocycles. The molecule has 0 amide bonds. The van der Waals surface area contributed by atoms with E-state index in [9.17, 15) is 0 Å². The largest absolute Gasteiger partial charge is 0.405 e. The lowest BCUT2D eigenvalue weighted by molar-refractivity contribution is 0.814. The van der Waals surface area contributed by atoms with Crippen molar-refractivity contribution in [2.24, 2.45) is 11.5 Å². The Hall–Kier alpha value is -1.28. The van der Waals surface area contributed by atoms with Gasteiger partial charge in [-0.3, -0.25) is 0 Å². The molecule has 0 aromatic heterocycles. The maximum atomic E-state index is 5.86. The van der Waals surface area contributed by atoms with Gasteiger partial charge in [-0.1, -0.05) is 25.1 Å². The van der Waals surface area contributed by atoms with E-state index in [0.29, 0.717) is 0 Å². The van der Waals surface area contributed by atoms with E-state index >= 15 is 0 Å². The maximum absolute atomic E-state index is 5.86. The zero-order valence-corrected chi connectivity index (χ0v) is 8.83. The summed E-state index contributed by atoms with van der Waals surface area (Å²) in [6.07, 6.45) is 4.49. The average molecular weight is 190 g/mol. The zero-order chi connectivity index (χ0) is 10.6. The molecule has 4 N–H and O–H groups in total. The summed E-state index contributed by atoms with van der Waals surface area (Å²) in [6.45, 7) is 4.12. The molecule has 0 saturated heterocycles. The van der Waals surface area contributed by atoms with Crippen molar-refractivity contribution in [3.63, 3.8) is 0 Å². The van der Waals surface area contributed by atoms with Crippen LogP contribution < -0.4 is 11.5 Å². The molecule has 0 fully saturated rings. The van der Waals surface area contributed by atoms with Crippen LogP contribution in [0.1, 0.15) is 36.6 Å². The Kier molecular flexibility index (Phi) is 3.72. The molecule has 0 radical (unpaired) electrons. The van der Waals surface area contributed by atoms with E-state index in [1.807, 2.05) is 13.0 Å². The van der Waals surface area contributed by atoms with Gasteiger partial charge in [-0.05, 0) is 42.3 Å².